The van der Waals surface area contributed by atoms with E-state index in [1.807, 2.05) is 12.3 Å². The molecule has 1 aromatic heterocycles. The second-order valence-corrected chi connectivity index (χ2v) is 5.70. The molecule has 3 heteroatoms. The highest BCUT2D eigenvalue weighted by molar-refractivity contribution is 5.64. The first-order valence-corrected chi connectivity index (χ1v) is 7.13. The van der Waals surface area contributed by atoms with E-state index >= 15 is 0 Å². The summed E-state index contributed by atoms with van der Waals surface area (Å²) in [6.07, 6.45) is 1.84. The largest absolute Gasteiger partial charge is 0.330 e. The van der Waals surface area contributed by atoms with E-state index in [1.165, 1.54) is 16.7 Å². The number of rotatable bonds is 4. The molecular formula is C17H23N3. The average molecular weight is 269 g/mol. The van der Waals surface area contributed by atoms with E-state index in [-0.39, 0.29) is 5.92 Å². The maximum atomic E-state index is 5.87. The molecule has 1 heterocycles. The molecule has 0 aliphatic rings. The zero-order valence-electron chi connectivity index (χ0n) is 12.7. The summed E-state index contributed by atoms with van der Waals surface area (Å²) in [5.41, 5.74) is 10.5. The van der Waals surface area contributed by atoms with E-state index in [0.717, 1.165) is 11.5 Å². The standard InChI is InChI=1S/C17H23N3/c1-11(2)15(10-18)17-19-8-7-16(20-17)14-9-12(3)5-6-13(14)4/h5-9,11,15H,10,18H2,1-4H3. The molecule has 0 amide bonds. The predicted molar refractivity (Wildman–Crippen MR) is 83.6 cm³/mol. The minimum atomic E-state index is 0.208. The fourth-order valence-corrected chi connectivity index (χ4v) is 2.39. The Morgan fingerprint density at radius 2 is 1.90 bits per heavy atom. The molecule has 0 spiro atoms. The van der Waals surface area contributed by atoms with Crippen molar-refractivity contribution in [2.45, 2.75) is 33.6 Å². The first kappa shape index (κ1) is 14.7. The molecule has 3 nitrogen and oxygen atoms in total. The van der Waals surface area contributed by atoms with Crippen molar-refractivity contribution in [3.63, 3.8) is 0 Å². The van der Waals surface area contributed by atoms with Crippen LogP contribution in [-0.2, 0) is 0 Å². The number of hydrogen-bond acceptors (Lipinski definition) is 3. The van der Waals surface area contributed by atoms with Crippen LogP contribution >= 0.6 is 0 Å². The van der Waals surface area contributed by atoms with Gasteiger partial charge in [-0.25, -0.2) is 9.97 Å². The molecule has 2 N–H and O–H groups in total. The summed E-state index contributed by atoms with van der Waals surface area (Å²) < 4.78 is 0. The highest BCUT2D eigenvalue weighted by Gasteiger charge is 2.17. The molecule has 2 aromatic rings. The molecule has 0 bridgehead atoms. The summed E-state index contributed by atoms with van der Waals surface area (Å²) in [5.74, 6) is 1.50. The van der Waals surface area contributed by atoms with Crippen LogP contribution in [0.1, 0.15) is 36.7 Å². The Morgan fingerprint density at radius 1 is 1.15 bits per heavy atom. The minimum Gasteiger partial charge on any atom is -0.330 e. The summed E-state index contributed by atoms with van der Waals surface area (Å²) in [4.78, 5) is 9.16. The first-order chi connectivity index (χ1) is 9.52. The molecule has 1 unspecified atom stereocenters. The second-order valence-electron chi connectivity index (χ2n) is 5.70. The van der Waals surface area contributed by atoms with Crippen molar-refractivity contribution in [3.05, 3.63) is 47.4 Å². The van der Waals surface area contributed by atoms with Gasteiger partial charge in [-0.05, 0) is 37.5 Å². The molecule has 0 fully saturated rings. The second kappa shape index (κ2) is 6.14. The van der Waals surface area contributed by atoms with Crippen molar-refractivity contribution < 1.29 is 0 Å². The molecule has 1 atom stereocenters. The van der Waals surface area contributed by atoms with Crippen LogP contribution in [0.3, 0.4) is 0 Å². The zero-order valence-corrected chi connectivity index (χ0v) is 12.7. The number of nitrogens with zero attached hydrogens (tertiary/aromatic N) is 2. The molecule has 20 heavy (non-hydrogen) atoms. The van der Waals surface area contributed by atoms with Gasteiger partial charge in [0.05, 0.1) is 5.69 Å². The topological polar surface area (TPSA) is 51.8 Å². The quantitative estimate of drug-likeness (QED) is 0.924. The van der Waals surface area contributed by atoms with Gasteiger partial charge in [-0.15, -0.1) is 0 Å². The fraction of sp³-hybridized carbons (Fsp3) is 0.412. The van der Waals surface area contributed by atoms with E-state index in [4.69, 9.17) is 10.7 Å². The molecule has 0 aliphatic carbocycles. The summed E-state index contributed by atoms with van der Waals surface area (Å²) >= 11 is 0. The normalized spacial score (nSPS) is 12.7. The number of benzene rings is 1. The highest BCUT2D eigenvalue weighted by Crippen LogP contribution is 2.25. The third kappa shape index (κ3) is 3.05. The van der Waals surface area contributed by atoms with E-state index in [1.54, 1.807) is 0 Å². The monoisotopic (exact) mass is 269 g/mol. The van der Waals surface area contributed by atoms with Crippen molar-refractivity contribution in [2.24, 2.45) is 11.7 Å². The van der Waals surface area contributed by atoms with Gasteiger partial charge in [-0.1, -0.05) is 31.5 Å². The summed E-state index contributed by atoms with van der Waals surface area (Å²) in [6.45, 7) is 9.10. The van der Waals surface area contributed by atoms with E-state index in [0.29, 0.717) is 12.5 Å². The predicted octanol–water partition coefficient (Wildman–Crippen LogP) is 3.46. The van der Waals surface area contributed by atoms with E-state index in [2.05, 4.69) is 50.9 Å². The van der Waals surface area contributed by atoms with Gasteiger partial charge in [0, 0.05) is 24.2 Å². The van der Waals surface area contributed by atoms with Crippen LogP contribution in [0.25, 0.3) is 11.3 Å². The maximum absolute atomic E-state index is 5.87. The lowest BCUT2D eigenvalue weighted by molar-refractivity contribution is 0.483. The molecule has 0 radical (unpaired) electrons. The van der Waals surface area contributed by atoms with Gasteiger partial charge in [-0.2, -0.15) is 0 Å². The van der Waals surface area contributed by atoms with Crippen LogP contribution in [0.2, 0.25) is 0 Å². The van der Waals surface area contributed by atoms with Crippen molar-refractivity contribution >= 4 is 0 Å². The third-order valence-electron chi connectivity index (χ3n) is 3.73. The van der Waals surface area contributed by atoms with Crippen LogP contribution in [0.4, 0.5) is 0 Å². The molecule has 0 saturated carbocycles. The van der Waals surface area contributed by atoms with Gasteiger partial charge in [-0.3, -0.25) is 0 Å². The average Bonchev–Trinajstić information content (AvgIpc) is 2.42. The molecule has 0 saturated heterocycles. The molecule has 0 aliphatic heterocycles. The number of hydrogen-bond donors (Lipinski definition) is 1. The Hall–Kier alpha value is -1.74. The van der Waals surface area contributed by atoms with Crippen LogP contribution in [0.5, 0.6) is 0 Å². The Morgan fingerprint density at radius 3 is 2.55 bits per heavy atom. The molecular weight excluding hydrogens is 246 g/mol. The van der Waals surface area contributed by atoms with Crippen molar-refractivity contribution in [3.8, 4) is 11.3 Å². The molecule has 106 valence electrons. The van der Waals surface area contributed by atoms with Crippen LogP contribution in [0, 0.1) is 19.8 Å². The Balaban J connectivity index is 2.46. The van der Waals surface area contributed by atoms with E-state index < -0.39 is 0 Å². The molecule has 2 rings (SSSR count). The molecule has 1 aromatic carbocycles. The smallest absolute Gasteiger partial charge is 0.133 e. The Kier molecular flexibility index (Phi) is 4.50. The maximum Gasteiger partial charge on any atom is 0.133 e. The van der Waals surface area contributed by atoms with Gasteiger partial charge in [0.25, 0.3) is 0 Å². The van der Waals surface area contributed by atoms with Gasteiger partial charge in [0.15, 0.2) is 0 Å². The Bertz CT molecular complexity index is 591. The fourth-order valence-electron chi connectivity index (χ4n) is 2.39. The van der Waals surface area contributed by atoms with Crippen molar-refractivity contribution in [1.29, 1.82) is 0 Å². The van der Waals surface area contributed by atoms with E-state index in [9.17, 15) is 0 Å². The van der Waals surface area contributed by atoms with Crippen molar-refractivity contribution in [2.75, 3.05) is 6.54 Å². The third-order valence-corrected chi connectivity index (χ3v) is 3.73. The van der Waals surface area contributed by atoms with Gasteiger partial charge in [0.1, 0.15) is 5.82 Å². The van der Waals surface area contributed by atoms with Crippen LogP contribution in [0.15, 0.2) is 30.5 Å². The lowest BCUT2D eigenvalue weighted by atomic mass is 9.95. The number of nitrogens with two attached hydrogens (primary N) is 1. The van der Waals surface area contributed by atoms with Gasteiger partial charge >= 0.3 is 0 Å². The minimum absolute atomic E-state index is 0.208. The summed E-state index contributed by atoms with van der Waals surface area (Å²) in [7, 11) is 0. The zero-order chi connectivity index (χ0) is 14.7. The lowest BCUT2D eigenvalue weighted by Crippen LogP contribution is -2.20. The van der Waals surface area contributed by atoms with Crippen molar-refractivity contribution in [1.82, 2.24) is 9.97 Å². The van der Waals surface area contributed by atoms with Gasteiger partial charge in [0.2, 0.25) is 0 Å². The summed E-state index contributed by atoms with van der Waals surface area (Å²) in [5, 5.41) is 0. The summed E-state index contributed by atoms with van der Waals surface area (Å²) in [6, 6.07) is 8.40. The first-order valence-electron chi connectivity index (χ1n) is 7.13. The lowest BCUT2D eigenvalue weighted by Gasteiger charge is -2.18. The van der Waals surface area contributed by atoms with Crippen LogP contribution < -0.4 is 5.73 Å². The van der Waals surface area contributed by atoms with Gasteiger partial charge < -0.3 is 5.73 Å². The highest BCUT2D eigenvalue weighted by atomic mass is 14.9. The number of aryl methyl sites for hydroxylation is 2. The SMILES string of the molecule is Cc1ccc(C)c(-c2ccnc(C(CN)C(C)C)n2)c1. The van der Waals surface area contributed by atoms with Crippen LogP contribution in [-0.4, -0.2) is 16.5 Å². The number of aromatic nitrogens is 2. The Labute approximate surface area is 121 Å².